The summed E-state index contributed by atoms with van der Waals surface area (Å²) < 4.78 is 6.48. The maximum atomic E-state index is 14.0. The van der Waals surface area contributed by atoms with Crippen molar-refractivity contribution in [1.82, 2.24) is 14.7 Å². The van der Waals surface area contributed by atoms with Crippen LogP contribution in [-0.4, -0.2) is 112 Å². The maximum Gasteiger partial charge on any atom is 0.410 e. The van der Waals surface area contributed by atoms with Crippen molar-refractivity contribution in [3.05, 3.63) is 58.1 Å². The van der Waals surface area contributed by atoms with E-state index < -0.39 is 24.2 Å². The second-order valence-corrected chi connectivity index (χ2v) is 14.3. The normalized spacial score (nSPS) is 24.6. The number of nitrogens with zero attached hydrogens (tertiary/aromatic N) is 3. The number of hydrogen-bond acceptors (Lipinski definition) is 7. The van der Waals surface area contributed by atoms with Crippen LogP contribution >= 0.6 is 15.9 Å². The van der Waals surface area contributed by atoms with Crippen LogP contribution in [0.5, 0.6) is 5.75 Å². The van der Waals surface area contributed by atoms with Gasteiger partial charge in [-0.2, -0.15) is 0 Å². The van der Waals surface area contributed by atoms with Crippen LogP contribution in [0.4, 0.5) is 15.3 Å². The number of ether oxygens (including phenoxy) is 1. The molecule has 48 heavy (non-hydrogen) atoms. The van der Waals surface area contributed by atoms with E-state index in [1.54, 1.807) is 23.1 Å². The Balaban J connectivity index is 1.08. The summed E-state index contributed by atoms with van der Waals surface area (Å²) in [4.78, 5) is 58.8. The fraction of sp³-hybridized carbons (Fsp3) is 0.543. The molecule has 0 aliphatic carbocycles. The zero-order valence-electron chi connectivity index (χ0n) is 27.1. The van der Waals surface area contributed by atoms with Crippen molar-refractivity contribution in [2.75, 3.05) is 44.6 Å². The largest absolute Gasteiger partial charge is 0.507 e. The number of halogens is 1. The van der Waals surface area contributed by atoms with E-state index in [2.05, 4.69) is 26.1 Å². The predicted molar refractivity (Wildman–Crippen MR) is 181 cm³/mol. The lowest BCUT2D eigenvalue weighted by Crippen LogP contribution is -3.17. The van der Waals surface area contributed by atoms with Gasteiger partial charge in [-0.15, -0.1) is 0 Å². The number of aliphatic carboxylic acids is 1. The first-order valence-electron chi connectivity index (χ1n) is 17.1. The van der Waals surface area contributed by atoms with Crippen molar-refractivity contribution in [3.63, 3.8) is 0 Å². The third kappa shape index (κ3) is 7.79. The average molecular weight is 728 g/mol. The molecule has 2 aromatic carbocycles. The molecular weight excluding hydrogens is 682 g/mol. The number of piperidine rings is 3. The average Bonchev–Trinajstić information content (AvgIpc) is 3.27. The number of para-hydroxylation sites is 1. The molecule has 4 aliphatic heterocycles. The van der Waals surface area contributed by atoms with Crippen LogP contribution in [0.15, 0.2) is 46.9 Å². The number of carboxylic acid groups (broad SMARTS) is 1. The Morgan fingerprint density at radius 1 is 0.958 bits per heavy atom. The Bertz CT molecular complexity index is 1510. The Morgan fingerprint density at radius 2 is 1.71 bits per heavy atom. The third-order valence-electron chi connectivity index (χ3n) is 10.5. The first kappa shape index (κ1) is 34.2. The number of hydrogen-bond donors (Lipinski definition) is 4. The molecule has 0 radical (unpaired) electrons. The number of carboxylic acids is 1. The van der Waals surface area contributed by atoms with Gasteiger partial charge >= 0.3 is 24.0 Å². The number of rotatable bonds is 7. The van der Waals surface area contributed by atoms with Crippen molar-refractivity contribution in [3.8, 4) is 5.75 Å². The fourth-order valence-electron chi connectivity index (χ4n) is 7.79. The molecular formula is C35H45BrN5O7+. The molecule has 258 valence electrons. The van der Waals surface area contributed by atoms with Gasteiger partial charge in [-0.25, -0.2) is 14.4 Å². The fourth-order valence-corrected chi connectivity index (χ4v) is 8.21. The van der Waals surface area contributed by atoms with Gasteiger partial charge in [0.25, 0.3) is 0 Å². The van der Waals surface area contributed by atoms with E-state index in [1.165, 1.54) is 0 Å². The monoisotopic (exact) mass is 726 g/mol. The highest BCUT2D eigenvalue weighted by Crippen LogP contribution is 2.27. The molecule has 13 heteroatoms. The minimum atomic E-state index is -1.03. The summed E-state index contributed by atoms with van der Waals surface area (Å²) in [5.74, 6) is -0.902. The highest BCUT2D eigenvalue weighted by Gasteiger charge is 2.41. The number of quaternary nitrogens is 1. The number of fused-ring (bicyclic) bond motifs is 1. The van der Waals surface area contributed by atoms with Gasteiger partial charge in [0.05, 0.1) is 17.6 Å². The van der Waals surface area contributed by atoms with Crippen LogP contribution in [0.3, 0.4) is 0 Å². The summed E-state index contributed by atoms with van der Waals surface area (Å²) in [6.07, 6.45) is 4.48. The molecule has 3 saturated heterocycles. The van der Waals surface area contributed by atoms with E-state index >= 15 is 0 Å². The zero-order valence-corrected chi connectivity index (χ0v) is 28.7. The van der Waals surface area contributed by atoms with Crippen molar-refractivity contribution in [2.24, 2.45) is 0 Å². The zero-order chi connectivity index (χ0) is 33.8. The SMILES string of the molecule is O=C(O)[C@@H]1CCCCN1C1CC[NH+](C(=O)[C@@H](Cc2ccc(O)c(Br)c2)OC(=O)N2CCC(N3CCc4ccccc4NC3=O)CC2)CC1. The van der Waals surface area contributed by atoms with Crippen LogP contribution in [0.1, 0.15) is 56.1 Å². The highest BCUT2D eigenvalue weighted by molar-refractivity contribution is 9.10. The number of phenols is 1. The molecule has 0 bridgehead atoms. The van der Waals surface area contributed by atoms with Gasteiger partial charge in [-0.05, 0) is 83.9 Å². The molecule has 0 unspecified atom stereocenters. The summed E-state index contributed by atoms with van der Waals surface area (Å²) in [6, 6.07) is 12.3. The lowest BCUT2D eigenvalue weighted by Gasteiger charge is -2.41. The number of aromatic hydroxyl groups is 1. The summed E-state index contributed by atoms with van der Waals surface area (Å²) >= 11 is 3.34. The summed E-state index contributed by atoms with van der Waals surface area (Å²) in [6.45, 7) is 3.24. The second kappa shape index (κ2) is 15.3. The first-order valence-corrected chi connectivity index (χ1v) is 17.9. The molecule has 0 aromatic heterocycles. The molecule has 2 aromatic rings. The van der Waals surface area contributed by atoms with Gasteiger partial charge in [0.1, 0.15) is 11.8 Å². The van der Waals surface area contributed by atoms with Crippen LogP contribution in [0.2, 0.25) is 0 Å². The molecule has 3 fully saturated rings. The minimum Gasteiger partial charge on any atom is -0.507 e. The highest BCUT2D eigenvalue weighted by atomic mass is 79.9. The lowest BCUT2D eigenvalue weighted by atomic mass is 9.94. The standard InChI is InChI=1S/C35H44BrN5O7/c36-27-21-23(8-9-30(27)42)22-31(32(43)38-16-11-25(12-17-38)40-15-4-3-7-29(40)33(44)45)48-35(47)39-18-13-26(14-19-39)41-20-10-24-5-1-2-6-28(24)37-34(41)46/h1-2,5-6,8-9,21,25-26,29,31,42H,3-4,7,10-20,22H2,(H,37,46)(H,44,45)/p+1/t29-,31+/m0/s1. The van der Waals surface area contributed by atoms with E-state index in [0.29, 0.717) is 69.3 Å². The van der Waals surface area contributed by atoms with E-state index in [1.807, 2.05) is 29.2 Å². The Kier molecular flexibility index (Phi) is 10.9. The van der Waals surface area contributed by atoms with E-state index in [9.17, 15) is 29.4 Å². The van der Waals surface area contributed by atoms with E-state index in [4.69, 9.17) is 4.74 Å². The quantitative estimate of drug-likeness (QED) is 0.341. The number of amides is 4. The van der Waals surface area contributed by atoms with Crippen LogP contribution in [-0.2, 0) is 27.2 Å². The van der Waals surface area contributed by atoms with Crippen molar-refractivity contribution >= 4 is 45.6 Å². The third-order valence-corrected chi connectivity index (χ3v) is 11.1. The number of anilines is 1. The molecule has 6 rings (SSSR count). The van der Waals surface area contributed by atoms with Crippen molar-refractivity contribution in [2.45, 2.75) is 82.0 Å². The van der Waals surface area contributed by atoms with Gasteiger partial charge in [-0.3, -0.25) is 14.6 Å². The van der Waals surface area contributed by atoms with Gasteiger partial charge in [0.15, 0.2) is 0 Å². The predicted octanol–water partition coefficient (Wildman–Crippen LogP) is 3.27. The number of carbonyl (C=O) groups is 4. The number of phenolic OH excluding ortho intramolecular Hbond substituents is 1. The summed E-state index contributed by atoms with van der Waals surface area (Å²) in [7, 11) is 0. The molecule has 4 N–H and O–H groups in total. The molecule has 4 heterocycles. The van der Waals surface area contributed by atoms with Crippen molar-refractivity contribution < 1.29 is 39.0 Å². The molecule has 2 atom stereocenters. The van der Waals surface area contributed by atoms with Gasteiger partial charge in [0, 0.05) is 56.7 Å². The first-order chi connectivity index (χ1) is 23.2. The van der Waals surface area contributed by atoms with Gasteiger partial charge < -0.3 is 30.1 Å². The smallest absolute Gasteiger partial charge is 0.410 e. The number of likely N-dealkylation sites (tertiary alicyclic amines) is 3. The molecule has 4 aliphatic rings. The minimum absolute atomic E-state index is 0.0125. The molecule has 0 saturated carbocycles. The lowest BCUT2D eigenvalue weighted by molar-refractivity contribution is -0.828. The Labute approximate surface area is 289 Å². The Hall–Kier alpha value is -3.68. The van der Waals surface area contributed by atoms with Gasteiger partial charge in [-0.1, -0.05) is 30.7 Å². The maximum absolute atomic E-state index is 14.0. The van der Waals surface area contributed by atoms with Crippen LogP contribution < -0.4 is 10.2 Å². The van der Waals surface area contributed by atoms with Crippen LogP contribution in [0, 0.1) is 0 Å². The number of benzene rings is 2. The second-order valence-electron chi connectivity index (χ2n) is 13.4. The molecule has 0 spiro atoms. The van der Waals surface area contributed by atoms with Crippen molar-refractivity contribution in [1.29, 1.82) is 0 Å². The van der Waals surface area contributed by atoms with E-state index in [-0.39, 0.29) is 36.2 Å². The molecule has 4 amide bonds. The Morgan fingerprint density at radius 3 is 2.44 bits per heavy atom. The topological polar surface area (TPSA) is 144 Å². The van der Waals surface area contributed by atoms with E-state index in [0.717, 1.165) is 47.5 Å². The molecule has 12 nitrogen and oxygen atoms in total. The number of urea groups is 1. The number of carbonyl (C=O) groups excluding carboxylic acids is 3. The summed E-state index contributed by atoms with van der Waals surface area (Å²) in [5.41, 5.74) is 2.68. The summed E-state index contributed by atoms with van der Waals surface area (Å²) in [5, 5.41) is 22.8. The van der Waals surface area contributed by atoms with Crippen LogP contribution in [0.25, 0.3) is 0 Å². The number of nitrogens with one attached hydrogen (secondary N) is 2. The van der Waals surface area contributed by atoms with Gasteiger partial charge in [0.2, 0.25) is 6.10 Å².